The van der Waals surface area contributed by atoms with E-state index in [4.69, 9.17) is 13.9 Å². The van der Waals surface area contributed by atoms with E-state index in [1.54, 1.807) is 23.0 Å². The van der Waals surface area contributed by atoms with Crippen LogP contribution in [0, 0.1) is 6.92 Å². The van der Waals surface area contributed by atoms with Crippen molar-refractivity contribution in [2.75, 3.05) is 25.1 Å². The van der Waals surface area contributed by atoms with Crippen molar-refractivity contribution in [1.29, 1.82) is 0 Å². The number of hydrogen-bond donors (Lipinski definition) is 1. The molecular weight excluding hydrogens is 454 g/mol. The predicted octanol–water partition coefficient (Wildman–Crippen LogP) is 4.07. The first-order chi connectivity index (χ1) is 16.6. The van der Waals surface area contributed by atoms with Crippen LogP contribution in [0.5, 0.6) is 11.5 Å². The van der Waals surface area contributed by atoms with Crippen LogP contribution in [-0.4, -0.2) is 51.0 Å². The lowest BCUT2D eigenvalue weighted by Gasteiger charge is -2.13. The molecule has 0 spiro atoms. The molecule has 0 unspecified atom stereocenters. The minimum Gasteiger partial charge on any atom is -0.496 e. The summed E-state index contributed by atoms with van der Waals surface area (Å²) in [6.45, 7) is 3.70. The molecule has 0 amide bonds. The first-order valence-corrected chi connectivity index (χ1v) is 11.9. The molecule has 10 heteroatoms. The van der Waals surface area contributed by atoms with Gasteiger partial charge < -0.3 is 23.9 Å². The quantitative estimate of drug-likeness (QED) is 0.391. The van der Waals surface area contributed by atoms with Gasteiger partial charge in [0.2, 0.25) is 0 Å². The van der Waals surface area contributed by atoms with Crippen molar-refractivity contribution in [3.8, 4) is 23.0 Å². The average molecular weight is 478 g/mol. The summed E-state index contributed by atoms with van der Waals surface area (Å²) < 4.78 is 19.5. The van der Waals surface area contributed by atoms with Crippen molar-refractivity contribution >= 4 is 33.1 Å². The number of nitrogens with zero attached hydrogens (tertiary/aromatic N) is 5. The molecule has 0 radical (unpaired) electrons. The summed E-state index contributed by atoms with van der Waals surface area (Å²) >= 11 is 1.56. The molecule has 174 valence electrons. The Morgan fingerprint density at radius 3 is 2.97 bits per heavy atom. The minimum atomic E-state index is -0.281. The number of fused-ring (bicyclic) bond motifs is 2. The van der Waals surface area contributed by atoms with E-state index in [9.17, 15) is 5.11 Å². The summed E-state index contributed by atoms with van der Waals surface area (Å²) in [7, 11) is 1.61. The molecule has 0 aliphatic carbocycles. The lowest BCUT2D eigenvalue weighted by molar-refractivity contribution is 0.198. The number of ether oxygens (including phenoxy) is 2. The Bertz CT molecular complexity index is 1490. The smallest absolute Gasteiger partial charge is 0.185 e. The van der Waals surface area contributed by atoms with Crippen LogP contribution in [0.2, 0.25) is 0 Å². The van der Waals surface area contributed by atoms with E-state index in [-0.39, 0.29) is 6.10 Å². The van der Waals surface area contributed by atoms with Crippen LogP contribution in [-0.2, 0) is 6.61 Å². The Labute approximate surface area is 199 Å². The monoisotopic (exact) mass is 477 g/mol. The van der Waals surface area contributed by atoms with Gasteiger partial charge in [0, 0.05) is 30.6 Å². The molecule has 1 N–H and O–H groups in total. The maximum atomic E-state index is 9.79. The van der Waals surface area contributed by atoms with Gasteiger partial charge in [-0.25, -0.2) is 14.5 Å². The van der Waals surface area contributed by atoms with Gasteiger partial charge in [0.1, 0.15) is 29.4 Å². The van der Waals surface area contributed by atoms with Crippen molar-refractivity contribution in [2.24, 2.45) is 0 Å². The average Bonchev–Trinajstić information content (AvgIpc) is 3.61. The van der Waals surface area contributed by atoms with Crippen molar-refractivity contribution in [2.45, 2.75) is 26.1 Å². The number of aliphatic hydroxyl groups excluding tert-OH is 1. The number of aliphatic hydroxyl groups is 1. The number of aryl methyl sites for hydroxylation is 1. The summed E-state index contributed by atoms with van der Waals surface area (Å²) in [4.78, 5) is 11.4. The van der Waals surface area contributed by atoms with Gasteiger partial charge >= 0.3 is 0 Å². The number of rotatable bonds is 6. The Morgan fingerprint density at radius 1 is 1.24 bits per heavy atom. The van der Waals surface area contributed by atoms with Crippen LogP contribution >= 0.6 is 11.3 Å². The van der Waals surface area contributed by atoms with Crippen LogP contribution < -0.4 is 14.4 Å². The zero-order valence-corrected chi connectivity index (χ0v) is 19.6. The molecule has 5 heterocycles. The number of β-amino-alcohol motifs (C(OH)–C–C–N with tert-alkyl or cyclic N) is 1. The number of imidazole rings is 1. The van der Waals surface area contributed by atoms with Gasteiger partial charge in [0.05, 0.1) is 36.2 Å². The third kappa shape index (κ3) is 3.84. The van der Waals surface area contributed by atoms with Gasteiger partial charge in [0.25, 0.3) is 0 Å². The number of furan rings is 1. The van der Waals surface area contributed by atoms with Gasteiger partial charge in [-0.05, 0) is 31.5 Å². The van der Waals surface area contributed by atoms with Crippen molar-refractivity contribution in [3.05, 3.63) is 53.3 Å². The third-order valence-corrected chi connectivity index (χ3v) is 6.81. The Balaban J connectivity index is 1.29. The van der Waals surface area contributed by atoms with E-state index in [2.05, 4.69) is 20.0 Å². The molecule has 0 bridgehead atoms. The van der Waals surface area contributed by atoms with Crippen molar-refractivity contribution < 1.29 is 19.0 Å². The summed E-state index contributed by atoms with van der Waals surface area (Å²) in [5.41, 5.74) is 3.84. The van der Waals surface area contributed by atoms with Gasteiger partial charge in [-0.3, -0.25) is 0 Å². The fraction of sp³-hybridized carbons (Fsp3) is 0.292. The van der Waals surface area contributed by atoms with E-state index in [0.29, 0.717) is 41.7 Å². The molecule has 1 aliphatic rings. The van der Waals surface area contributed by atoms with Crippen LogP contribution in [0.1, 0.15) is 17.8 Å². The van der Waals surface area contributed by atoms with E-state index in [1.807, 2.05) is 48.8 Å². The number of thiazole rings is 1. The number of hydrogen-bond acceptors (Lipinski definition) is 9. The molecule has 0 saturated carbocycles. The van der Waals surface area contributed by atoms with Crippen LogP contribution in [0.4, 0.5) is 5.13 Å². The highest BCUT2D eigenvalue weighted by Crippen LogP contribution is 2.37. The largest absolute Gasteiger partial charge is 0.496 e. The molecule has 4 aromatic heterocycles. The highest BCUT2D eigenvalue weighted by atomic mass is 32.1. The molecule has 1 aromatic carbocycles. The molecule has 34 heavy (non-hydrogen) atoms. The predicted molar refractivity (Wildman–Crippen MR) is 129 cm³/mol. The summed E-state index contributed by atoms with van der Waals surface area (Å²) in [5, 5.41) is 18.0. The number of aromatic nitrogens is 4. The van der Waals surface area contributed by atoms with Crippen molar-refractivity contribution in [1.82, 2.24) is 19.6 Å². The molecule has 6 rings (SSSR count). The van der Waals surface area contributed by atoms with E-state index in [1.165, 1.54) is 0 Å². The van der Waals surface area contributed by atoms with E-state index < -0.39 is 0 Å². The second-order valence-corrected chi connectivity index (χ2v) is 9.19. The van der Waals surface area contributed by atoms with E-state index in [0.717, 1.165) is 40.5 Å². The number of methoxy groups -OCH3 is 1. The third-order valence-electron chi connectivity index (χ3n) is 5.86. The molecule has 9 nitrogen and oxygen atoms in total. The van der Waals surface area contributed by atoms with Crippen molar-refractivity contribution in [3.63, 3.8) is 0 Å². The Morgan fingerprint density at radius 2 is 2.15 bits per heavy atom. The molecule has 1 aliphatic heterocycles. The maximum Gasteiger partial charge on any atom is 0.185 e. The number of anilines is 1. The van der Waals surface area contributed by atoms with Gasteiger partial charge in [-0.1, -0.05) is 0 Å². The second kappa shape index (κ2) is 8.30. The molecule has 1 fully saturated rings. The molecule has 5 aromatic rings. The zero-order valence-electron chi connectivity index (χ0n) is 18.8. The first-order valence-electron chi connectivity index (χ1n) is 11.0. The fourth-order valence-corrected chi connectivity index (χ4v) is 4.96. The van der Waals surface area contributed by atoms with Crippen LogP contribution in [0.15, 0.2) is 46.3 Å². The molecule has 1 saturated heterocycles. The maximum absolute atomic E-state index is 9.79. The van der Waals surface area contributed by atoms with Crippen LogP contribution in [0.3, 0.4) is 0 Å². The Hall–Kier alpha value is -3.63. The zero-order chi connectivity index (χ0) is 23.2. The lowest BCUT2D eigenvalue weighted by Crippen LogP contribution is -2.20. The highest BCUT2D eigenvalue weighted by Gasteiger charge is 2.23. The highest BCUT2D eigenvalue weighted by molar-refractivity contribution is 7.13. The normalized spacial score (nSPS) is 16.1. The fourth-order valence-electron chi connectivity index (χ4n) is 4.12. The van der Waals surface area contributed by atoms with Gasteiger partial charge in [-0.15, -0.1) is 11.3 Å². The van der Waals surface area contributed by atoms with Crippen LogP contribution in [0.25, 0.3) is 28.1 Å². The molecule has 1 atom stereocenters. The topological polar surface area (TPSA) is 98.2 Å². The second-order valence-electron chi connectivity index (χ2n) is 8.35. The van der Waals surface area contributed by atoms with E-state index >= 15 is 0 Å². The van der Waals surface area contributed by atoms with Gasteiger partial charge in [0.15, 0.2) is 16.5 Å². The number of benzene rings is 1. The standard InChI is InChI=1S/C24H23N5O4S/c1-14-3-4-23-26-19(11-29(23)27-14)22-9-18-20(7-17(31-2)8-21(18)33-22)32-12-15-13-34-24(25-15)28-6-5-16(30)10-28/h3-4,7-9,11,13,16,30H,5-6,10,12H2,1-2H3/t16-/m1/s1. The summed E-state index contributed by atoms with van der Waals surface area (Å²) in [6.07, 6.45) is 2.35. The molecular formula is C24H23N5O4S. The minimum absolute atomic E-state index is 0.281. The van der Waals surface area contributed by atoms with Gasteiger partial charge in [-0.2, -0.15) is 5.10 Å². The summed E-state index contributed by atoms with van der Waals surface area (Å²) in [6, 6.07) is 9.47. The Kier molecular flexibility index (Phi) is 5.11. The SMILES string of the molecule is COc1cc(OCc2csc(N3CC[C@@H](O)C3)n2)c2cc(-c3cn4nc(C)ccc4n3)oc2c1. The lowest BCUT2D eigenvalue weighted by atomic mass is 10.2. The summed E-state index contributed by atoms with van der Waals surface area (Å²) in [5.74, 6) is 1.91. The first kappa shape index (κ1) is 20.9.